The van der Waals surface area contributed by atoms with Crippen molar-refractivity contribution < 1.29 is 14.3 Å². The summed E-state index contributed by atoms with van der Waals surface area (Å²) < 4.78 is 5.59. The van der Waals surface area contributed by atoms with E-state index in [-0.39, 0.29) is 24.9 Å². The highest BCUT2D eigenvalue weighted by molar-refractivity contribution is 8.16. The second kappa shape index (κ2) is 10.3. The van der Waals surface area contributed by atoms with Crippen LogP contribution < -0.4 is 5.32 Å². The van der Waals surface area contributed by atoms with Gasteiger partial charge in [0.05, 0.1) is 30.3 Å². The summed E-state index contributed by atoms with van der Waals surface area (Å²) in [7, 11) is 0. The van der Waals surface area contributed by atoms with Crippen LogP contribution in [0.2, 0.25) is 0 Å². The van der Waals surface area contributed by atoms with E-state index in [4.69, 9.17) is 9.73 Å². The molecule has 1 unspecified atom stereocenters. The number of ether oxygens (including phenoxy) is 1. The fourth-order valence-corrected chi connectivity index (χ4v) is 5.56. The zero-order valence-electron chi connectivity index (χ0n) is 20.9. The van der Waals surface area contributed by atoms with Crippen LogP contribution in [0.1, 0.15) is 54.5 Å². The van der Waals surface area contributed by atoms with Crippen LogP contribution in [0.15, 0.2) is 70.2 Å². The maximum Gasteiger partial charge on any atom is 0.338 e. The lowest BCUT2D eigenvalue weighted by Gasteiger charge is -2.37. The van der Waals surface area contributed by atoms with Crippen LogP contribution >= 0.6 is 11.8 Å². The first kappa shape index (κ1) is 24.4. The Labute approximate surface area is 216 Å². The molecule has 0 radical (unpaired) electrons. The van der Waals surface area contributed by atoms with Crippen LogP contribution in [0.4, 0.5) is 0 Å². The lowest BCUT2D eigenvalue weighted by Crippen LogP contribution is -2.38. The fourth-order valence-electron chi connectivity index (χ4n) is 4.64. The molecule has 2 aromatic rings. The normalized spacial score (nSPS) is 19.0. The molecule has 36 heavy (non-hydrogen) atoms. The molecule has 1 saturated carbocycles. The Morgan fingerprint density at radius 1 is 1.14 bits per heavy atom. The van der Waals surface area contributed by atoms with E-state index in [0.717, 1.165) is 39.7 Å². The third-order valence-electron chi connectivity index (χ3n) is 6.71. The number of aryl methyl sites for hydroxylation is 2. The summed E-state index contributed by atoms with van der Waals surface area (Å²) in [6.07, 6.45) is 2.61. The Bertz CT molecular complexity index is 1280. The monoisotopic (exact) mass is 501 g/mol. The molecular weight excluding hydrogens is 470 g/mol. The molecule has 5 rings (SSSR count). The molecule has 7 heteroatoms. The summed E-state index contributed by atoms with van der Waals surface area (Å²) in [5.41, 5.74) is 5.98. The van der Waals surface area contributed by atoms with Gasteiger partial charge in [0.25, 0.3) is 0 Å². The Kier molecular flexibility index (Phi) is 7.01. The second-order valence-electron chi connectivity index (χ2n) is 9.53. The minimum Gasteiger partial charge on any atom is -0.463 e. The molecule has 1 fully saturated rings. The number of rotatable bonds is 8. The largest absolute Gasteiger partial charge is 0.463 e. The molecule has 1 atom stereocenters. The Morgan fingerprint density at radius 2 is 1.92 bits per heavy atom. The zero-order valence-corrected chi connectivity index (χ0v) is 21.7. The van der Waals surface area contributed by atoms with Gasteiger partial charge in [0.15, 0.2) is 5.17 Å². The van der Waals surface area contributed by atoms with Gasteiger partial charge in [-0.15, -0.1) is 0 Å². The van der Waals surface area contributed by atoms with Crippen LogP contribution in [0, 0.1) is 19.8 Å². The number of nitrogens with zero attached hydrogens (tertiary/aromatic N) is 2. The summed E-state index contributed by atoms with van der Waals surface area (Å²) in [5, 5.41) is 5.82. The van der Waals surface area contributed by atoms with Crippen molar-refractivity contribution in [1.82, 2.24) is 10.2 Å². The highest BCUT2D eigenvalue weighted by atomic mass is 32.2. The van der Waals surface area contributed by atoms with Gasteiger partial charge in [-0.05, 0) is 56.1 Å². The van der Waals surface area contributed by atoms with Crippen LogP contribution in [-0.4, -0.2) is 35.1 Å². The summed E-state index contributed by atoms with van der Waals surface area (Å²) in [6, 6.07) is 15.6. The number of benzene rings is 2. The van der Waals surface area contributed by atoms with Gasteiger partial charge >= 0.3 is 5.97 Å². The maximum atomic E-state index is 13.6. The predicted octanol–water partition coefficient (Wildman–Crippen LogP) is 5.50. The highest BCUT2D eigenvalue weighted by Gasteiger charge is 2.43. The van der Waals surface area contributed by atoms with Crippen molar-refractivity contribution in [3.05, 3.63) is 87.5 Å². The number of amidine groups is 1. The van der Waals surface area contributed by atoms with E-state index in [0.29, 0.717) is 17.2 Å². The lowest BCUT2D eigenvalue weighted by molar-refractivity contribution is -0.139. The number of fused-ring (bicyclic) bond motifs is 1. The molecule has 0 spiro atoms. The number of hydrogen-bond acceptors (Lipinski definition) is 6. The van der Waals surface area contributed by atoms with E-state index in [2.05, 4.69) is 35.3 Å². The first-order chi connectivity index (χ1) is 17.5. The van der Waals surface area contributed by atoms with Gasteiger partial charge in [-0.25, -0.2) is 9.79 Å². The van der Waals surface area contributed by atoms with Gasteiger partial charge in [-0.3, -0.25) is 4.79 Å². The lowest BCUT2D eigenvalue weighted by atomic mass is 9.88. The molecule has 2 aliphatic heterocycles. The van der Waals surface area contributed by atoms with E-state index in [1.54, 1.807) is 0 Å². The number of aliphatic imine (C=N–C) groups is 1. The molecule has 3 aliphatic rings. The summed E-state index contributed by atoms with van der Waals surface area (Å²) in [6.45, 7) is 6.91. The minimum atomic E-state index is -0.455. The van der Waals surface area contributed by atoms with Crippen molar-refractivity contribution in [2.45, 2.75) is 46.1 Å². The molecule has 2 aromatic carbocycles. The standard InChI is InChI=1S/C29H31N3O3S/c1-4-35-28(34)25-26(21-8-6-5-7-9-21)31-29-32(27(25)23-14-18(2)10-11-19(23)3)22(17-36-29)15-24(33)30-16-20-12-13-20/h5-11,14,17,20,27H,4,12-13,15-16H2,1-3H3,(H,30,33). The SMILES string of the molecule is CCOC(=O)C1=C(c2ccccc2)N=C2SC=C(CC(=O)NCC3CC3)N2C1c1cc(C)ccc1C. The van der Waals surface area contributed by atoms with Gasteiger partial charge < -0.3 is 15.0 Å². The number of hydrogen-bond donors (Lipinski definition) is 1. The van der Waals surface area contributed by atoms with Crippen LogP contribution in [-0.2, 0) is 14.3 Å². The smallest absolute Gasteiger partial charge is 0.338 e. The molecule has 0 aromatic heterocycles. The summed E-state index contributed by atoms with van der Waals surface area (Å²) in [5.74, 6) is 0.215. The van der Waals surface area contributed by atoms with Crippen molar-refractivity contribution >= 4 is 34.5 Å². The molecule has 6 nitrogen and oxygen atoms in total. The molecule has 1 amide bonds. The number of thioether (sulfide) groups is 1. The molecule has 1 aliphatic carbocycles. The Balaban J connectivity index is 1.62. The third-order valence-corrected chi connectivity index (χ3v) is 7.60. The van der Waals surface area contributed by atoms with Crippen molar-refractivity contribution in [2.24, 2.45) is 10.9 Å². The van der Waals surface area contributed by atoms with Crippen molar-refractivity contribution in [3.63, 3.8) is 0 Å². The van der Waals surface area contributed by atoms with E-state index in [1.807, 2.05) is 49.6 Å². The Hall–Kier alpha value is -3.32. The quantitative estimate of drug-likeness (QED) is 0.484. The Morgan fingerprint density at radius 3 is 2.64 bits per heavy atom. The highest BCUT2D eigenvalue weighted by Crippen LogP contribution is 2.47. The third kappa shape index (κ3) is 4.98. The fraction of sp³-hybridized carbons (Fsp3) is 0.345. The van der Waals surface area contributed by atoms with Crippen LogP contribution in [0.5, 0.6) is 0 Å². The summed E-state index contributed by atoms with van der Waals surface area (Å²) >= 11 is 1.49. The second-order valence-corrected chi connectivity index (χ2v) is 10.4. The molecule has 0 bridgehead atoms. The first-order valence-electron chi connectivity index (χ1n) is 12.5. The minimum absolute atomic E-state index is 0.00904. The number of carbonyl (C=O) groups excluding carboxylic acids is 2. The number of esters is 1. The zero-order chi connectivity index (χ0) is 25.2. The number of carbonyl (C=O) groups is 2. The van der Waals surface area contributed by atoms with E-state index in [1.165, 1.54) is 24.6 Å². The first-order valence-corrected chi connectivity index (χ1v) is 13.4. The molecule has 1 N–H and O–H groups in total. The molecule has 2 heterocycles. The van der Waals surface area contributed by atoms with Crippen molar-refractivity contribution in [3.8, 4) is 0 Å². The van der Waals surface area contributed by atoms with E-state index in [9.17, 15) is 9.59 Å². The van der Waals surface area contributed by atoms with Crippen LogP contribution in [0.3, 0.4) is 0 Å². The molecule has 0 saturated heterocycles. The maximum absolute atomic E-state index is 13.6. The number of nitrogens with one attached hydrogen (secondary N) is 1. The van der Waals surface area contributed by atoms with Crippen molar-refractivity contribution in [2.75, 3.05) is 13.2 Å². The van der Waals surface area contributed by atoms with E-state index >= 15 is 0 Å². The van der Waals surface area contributed by atoms with Gasteiger partial charge in [-0.1, -0.05) is 65.9 Å². The molecular formula is C29H31N3O3S. The topological polar surface area (TPSA) is 71.0 Å². The average molecular weight is 502 g/mol. The van der Waals surface area contributed by atoms with Crippen LogP contribution in [0.25, 0.3) is 5.70 Å². The predicted molar refractivity (Wildman–Crippen MR) is 144 cm³/mol. The summed E-state index contributed by atoms with van der Waals surface area (Å²) in [4.78, 5) is 33.5. The molecule has 186 valence electrons. The van der Waals surface area contributed by atoms with Gasteiger partial charge in [0.1, 0.15) is 0 Å². The number of amides is 1. The van der Waals surface area contributed by atoms with Gasteiger partial charge in [0.2, 0.25) is 5.91 Å². The van der Waals surface area contributed by atoms with Gasteiger partial charge in [0, 0.05) is 17.8 Å². The van der Waals surface area contributed by atoms with E-state index < -0.39 is 6.04 Å². The average Bonchev–Trinajstić information content (AvgIpc) is 3.63. The van der Waals surface area contributed by atoms with Crippen molar-refractivity contribution in [1.29, 1.82) is 0 Å². The van der Waals surface area contributed by atoms with Gasteiger partial charge in [-0.2, -0.15) is 0 Å².